The van der Waals surface area contributed by atoms with Crippen LogP contribution in [0.3, 0.4) is 0 Å². The molecule has 1 aromatic heterocycles. The molecule has 1 heterocycles. The molecule has 0 saturated heterocycles. The van der Waals surface area contributed by atoms with Crippen LogP contribution in [0, 0.1) is 5.41 Å². The largest absolute Gasteiger partial charge is 0.550 e. The maximum absolute atomic E-state index is 11.4. The van der Waals surface area contributed by atoms with Crippen LogP contribution < -0.4 is 11.3 Å². The summed E-state index contributed by atoms with van der Waals surface area (Å²) in [5.74, 6) is -0.141. The molecule has 7 heteroatoms. The molecule has 1 aliphatic carbocycles. The van der Waals surface area contributed by atoms with Gasteiger partial charge in [0.2, 0.25) is 0 Å². The van der Waals surface area contributed by atoms with Crippen molar-refractivity contribution >= 4 is 40.2 Å². The number of hydrogen-bond acceptors (Lipinski definition) is 5. The number of rotatable bonds is 14. The van der Waals surface area contributed by atoms with E-state index in [1.54, 1.807) is 0 Å². The Morgan fingerprint density at radius 1 is 0.900 bits per heavy atom. The molecular weight excluding hydrogens is 660 g/mol. The van der Waals surface area contributed by atoms with Gasteiger partial charge in [-0.1, -0.05) is 110 Å². The molecule has 1 atom stereocenters. The zero-order chi connectivity index (χ0) is 34.9. The molecule has 0 unspecified atom stereocenters. The summed E-state index contributed by atoms with van der Waals surface area (Å²) < 4.78 is 0. The summed E-state index contributed by atoms with van der Waals surface area (Å²) >= 11 is 8.05. The lowest BCUT2D eigenvalue weighted by atomic mass is 9.90. The molecule has 4 aromatic carbocycles. The number of pyridine rings is 1. The third kappa shape index (κ3) is 11.4. The van der Waals surface area contributed by atoms with Gasteiger partial charge in [0.15, 0.2) is 0 Å². The quantitative estimate of drug-likeness (QED) is 0.119. The monoisotopic (exact) mass is 710 g/mol. The Kier molecular flexibility index (Phi) is 14.1. The molecule has 0 spiro atoms. The van der Waals surface area contributed by atoms with E-state index in [4.69, 9.17) is 16.6 Å². The van der Waals surface area contributed by atoms with Crippen LogP contribution in [0.25, 0.3) is 10.9 Å². The van der Waals surface area contributed by atoms with Crippen molar-refractivity contribution in [3.05, 3.63) is 148 Å². The second-order valence-corrected chi connectivity index (χ2v) is 15.5. The molecule has 5 aromatic rings. The van der Waals surface area contributed by atoms with Gasteiger partial charge in [-0.2, -0.15) is 11.8 Å². The van der Waals surface area contributed by atoms with E-state index in [1.165, 1.54) is 16.7 Å². The summed E-state index contributed by atoms with van der Waals surface area (Å²) in [6.07, 6.45) is 6.62. The first-order valence-electron chi connectivity index (χ1n) is 17.3. The van der Waals surface area contributed by atoms with E-state index in [0.717, 1.165) is 78.4 Å². The first kappa shape index (κ1) is 39.1. The number of aliphatic carboxylic acids is 1. The number of halogens is 1. The van der Waals surface area contributed by atoms with Crippen molar-refractivity contribution in [2.45, 2.75) is 83.0 Å². The van der Waals surface area contributed by atoms with E-state index in [1.807, 2.05) is 68.1 Å². The third-order valence-corrected chi connectivity index (χ3v) is 11.3. The number of hydrogen-bond donors (Lipinski definition) is 2. The number of aliphatic hydroxyl groups is 1. The van der Waals surface area contributed by atoms with Crippen LogP contribution in [0.15, 0.2) is 109 Å². The summed E-state index contributed by atoms with van der Waals surface area (Å²) in [7, 11) is 0. The van der Waals surface area contributed by atoms with Gasteiger partial charge in [-0.25, -0.2) is 0 Å². The Morgan fingerprint density at radius 2 is 1.60 bits per heavy atom. The molecule has 1 fully saturated rings. The van der Waals surface area contributed by atoms with E-state index in [-0.39, 0.29) is 23.2 Å². The summed E-state index contributed by atoms with van der Waals surface area (Å²) in [5, 5.41) is 24.1. The molecule has 1 aliphatic rings. The molecule has 5 N–H and O–H groups in total. The zero-order valence-corrected chi connectivity index (χ0v) is 31.4. The van der Waals surface area contributed by atoms with Crippen LogP contribution in [-0.2, 0) is 36.1 Å². The minimum absolute atomic E-state index is 0. The third-order valence-electron chi connectivity index (χ3n) is 9.38. The maximum Gasteiger partial charge on any atom is 0.0843 e. The molecule has 1 saturated carbocycles. The number of thioether (sulfide) groups is 1. The topological polar surface area (TPSA) is 110 Å². The number of nitrogens with zero attached hydrogens (tertiary/aromatic N) is 1. The van der Waals surface area contributed by atoms with Crippen LogP contribution in [0.2, 0.25) is 5.02 Å². The fourth-order valence-electron chi connectivity index (χ4n) is 6.31. The van der Waals surface area contributed by atoms with Crippen molar-refractivity contribution < 1.29 is 15.0 Å². The maximum atomic E-state index is 11.4. The number of carboxylic acid groups (broad SMARTS) is 1. The standard InChI is InChI=1S/C35H38ClNO3S.C8H10.H3N/c1-34(2,40)30-9-4-3-7-25(30)13-17-32(41-23-35(18-19-35)22-33(38)39)27-8-5-6-24(20-27)10-15-29-16-12-26-11-14-28(36)21-31(26)37-29;1-2-8-6-4-3-5-7-8;/h3-9,11-12,14,16,20-21,32,40H,10,13,15,17-19,22-23H2,1-2H3,(H,38,39);3-7H,2H2,1H3;1H3/t32-;;/m1../s1. The van der Waals surface area contributed by atoms with Gasteiger partial charge < -0.3 is 21.2 Å². The van der Waals surface area contributed by atoms with E-state index >= 15 is 0 Å². The van der Waals surface area contributed by atoms with Crippen LogP contribution >= 0.6 is 23.4 Å². The molecule has 0 amide bonds. The van der Waals surface area contributed by atoms with Gasteiger partial charge in [0.1, 0.15) is 0 Å². The number of carbonyl (C=O) groups is 1. The predicted octanol–water partition coefficient (Wildman–Crippen LogP) is 9.85. The first-order chi connectivity index (χ1) is 23.5. The molecular formula is C43H51ClN2O3S. The highest BCUT2D eigenvalue weighted by Gasteiger charge is 2.42. The van der Waals surface area contributed by atoms with Gasteiger partial charge in [-0.3, -0.25) is 4.98 Å². The zero-order valence-electron chi connectivity index (χ0n) is 29.8. The smallest absolute Gasteiger partial charge is 0.0843 e. The Morgan fingerprint density at radius 3 is 2.28 bits per heavy atom. The van der Waals surface area contributed by atoms with Crippen molar-refractivity contribution in [1.29, 1.82) is 0 Å². The van der Waals surface area contributed by atoms with Gasteiger partial charge in [0, 0.05) is 27.3 Å². The molecule has 0 aliphatic heterocycles. The Labute approximate surface area is 307 Å². The number of aromatic nitrogens is 1. The molecule has 0 radical (unpaired) electrons. The Balaban J connectivity index is 0.000000550. The van der Waals surface area contributed by atoms with Gasteiger partial charge in [-0.05, 0) is 122 Å². The average Bonchev–Trinajstić information content (AvgIpc) is 3.86. The highest BCUT2D eigenvalue weighted by molar-refractivity contribution is 7.99. The normalized spacial score (nSPS) is 13.9. The van der Waals surface area contributed by atoms with Crippen molar-refractivity contribution in [3.8, 4) is 0 Å². The molecule has 5 nitrogen and oxygen atoms in total. The van der Waals surface area contributed by atoms with Crippen LogP contribution in [0.1, 0.15) is 85.2 Å². The molecule has 50 heavy (non-hydrogen) atoms. The predicted molar refractivity (Wildman–Crippen MR) is 209 cm³/mol. The summed E-state index contributed by atoms with van der Waals surface area (Å²) in [4.78, 5) is 16.2. The second-order valence-electron chi connectivity index (χ2n) is 13.8. The molecule has 0 bridgehead atoms. The fourth-order valence-corrected chi connectivity index (χ4v) is 8.04. The number of quaternary nitrogens is 1. The van der Waals surface area contributed by atoms with Crippen LogP contribution in [0.5, 0.6) is 0 Å². The number of fused-ring (bicyclic) bond motifs is 1. The SMILES string of the molecule is CC(C)(O)c1ccccc1CC[C@@H](SCC1(CC(=O)[O-])CC1)c1cccc(CCc2ccc3ccc(Cl)cc3n2)c1.CCc1ccccc1.[NH4+]. The van der Waals surface area contributed by atoms with Gasteiger partial charge in [0.05, 0.1) is 11.1 Å². The van der Waals surface area contributed by atoms with E-state index < -0.39 is 11.6 Å². The summed E-state index contributed by atoms with van der Waals surface area (Å²) in [6.45, 7) is 5.82. The van der Waals surface area contributed by atoms with Gasteiger partial charge >= 0.3 is 0 Å². The lowest BCUT2D eigenvalue weighted by Gasteiger charge is -2.25. The first-order valence-corrected chi connectivity index (χ1v) is 18.8. The number of aryl methyl sites for hydroxylation is 4. The van der Waals surface area contributed by atoms with Crippen LogP contribution in [0.4, 0.5) is 0 Å². The van der Waals surface area contributed by atoms with Gasteiger partial charge in [0.25, 0.3) is 0 Å². The second kappa shape index (κ2) is 18.0. The van der Waals surface area contributed by atoms with Crippen molar-refractivity contribution in [3.63, 3.8) is 0 Å². The molecule has 264 valence electrons. The number of carbonyl (C=O) groups excluding carboxylic acids is 1. The average molecular weight is 711 g/mol. The molecule has 6 rings (SSSR count). The van der Waals surface area contributed by atoms with Crippen molar-refractivity contribution in [1.82, 2.24) is 11.1 Å². The Bertz CT molecular complexity index is 1840. The van der Waals surface area contributed by atoms with E-state index in [2.05, 4.69) is 73.7 Å². The number of benzene rings is 4. The Hall–Kier alpha value is -3.68. The summed E-state index contributed by atoms with van der Waals surface area (Å²) in [5.41, 5.74) is 6.95. The van der Waals surface area contributed by atoms with Crippen molar-refractivity contribution in [2.75, 3.05) is 5.75 Å². The van der Waals surface area contributed by atoms with Crippen molar-refractivity contribution in [2.24, 2.45) is 5.41 Å². The van der Waals surface area contributed by atoms with E-state index in [9.17, 15) is 15.0 Å². The highest BCUT2D eigenvalue weighted by atomic mass is 35.5. The van der Waals surface area contributed by atoms with Gasteiger partial charge in [-0.15, -0.1) is 0 Å². The minimum Gasteiger partial charge on any atom is -0.550 e. The van der Waals surface area contributed by atoms with Crippen LogP contribution in [-0.4, -0.2) is 21.8 Å². The lowest BCUT2D eigenvalue weighted by molar-refractivity contribution is -0.307. The summed E-state index contributed by atoms with van der Waals surface area (Å²) in [6, 6.07) is 37.3. The minimum atomic E-state index is -0.953. The highest BCUT2D eigenvalue weighted by Crippen LogP contribution is 2.53. The number of carboxylic acids is 1. The fraction of sp³-hybridized carbons (Fsp3) is 0.349. The lowest BCUT2D eigenvalue weighted by Crippen LogP contribution is -2.26. The van der Waals surface area contributed by atoms with E-state index in [0.29, 0.717) is 5.02 Å².